The molecule has 29 heavy (non-hydrogen) atoms. The Bertz CT molecular complexity index is 1080. The van der Waals surface area contributed by atoms with Crippen LogP contribution in [-0.2, 0) is 11.3 Å². The zero-order valence-corrected chi connectivity index (χ0v) is 18.6. The molecule has 150 valence electrons. The van der Waals surface area contributed by atoms with Crippen molar-refractivity contribution in [3.05, 3.63) is 83.8 Å². The van der Waals surface area contributed by atoms with Crippen LogP contribution in [0.15, 0.2) is 62.9 Å². The molecule has 6 nitrogen and oxygen atoms in total. The van der Waals surface area contributed by atoms with Crippen LogP contribution in [-0.4, -0.2) is 23.3 Å². The zero-order valence-electron chi connectivity index (χ0n) is 15.4. The van der Waals surface area contributed by atoms with Crippen molar-refractivity contribution in [1.82, 2.24) is 9.99 Å². The molecule has 1 N–H and O–H groups in total. The second-order valence-electron chi connectivity index (χ2n) is 6.13. The molecule has 0 aliphatic heterocycles. The molecule has 1 aromatic heterocycles. The number of nitrogens with one attached hydrogen (secondary N) is 1. The highest BCUT2D eigenvalue weighted by atomic mass is 79.9. The Kier molecular flexibility index (Phi) is 7.24. The third-order valence-electron chi connectivity index (χ3n) is 3.87. The SMILES string of the molecule is Cc1ccc(OCC(=O)N/N=C/c2sc(=O)n(Cc3ccc(Br)cc3)c2Cl)cc1. The summed E-state index contributed by atoms with van der Waals surface area (Å²) in [6.07, 6.45) is 1.36. The predicted octanol–water partition coefficient (Wildman–Crippen LogP) is 4.21. The number of hydrazone groups is 1. The van der Waals surface area contributed by atoms with E-state index >= 15 is 0 Å². The van der Waals surface area contributed by atoms with Crippen molar-refractivity contribution in [3.63, 3.8) is 0 Å². The van der Waals surface area contributed by atoms with Gasteiger partial charge in [-0.2, -0.15) is 5.10 Å². The molecule has 0 spiro atoms. The quantitative estimate of drug-likeness (QED) is 0.395. The van der Waals surface area contributed by atoms with Crippen LogP contribution < -0.4 is 15.0 Å². The summed E-state index contributed by atoms with van der Waals surface area (Å²) in [7, 11) is 0. The molecule has 0 aliphatic rings. The van der Waals surface area contributed by atoms with E-state index in [0.717, 1.165) is 26.9 Å². The minimum absolute atomic E-state index is 0.172. The van der Waals surface area contributed by atoms with Crippen LogP contribution in [0.3, 0.4) is 0 Å². The summed E-state index contributed by atoms with van der Waals surface area (Å²) in [5.74, 6) is 0.181. The Morgan fingerprint density at radius 3 is 2.62 bits per heavy atom. The Hall–Kier alpha value is -2.42. The lowest BCUT2D eigenvalue weighted by Gasteiger charge is -2.05. The molecular weight excluding hydrogens is 478 g/mol. The van der Waals surface area contributed by atoms with Gasteiger partial charge in [-0.05, 0) is 36.8 Å². The molecule has 0 saturated carbocycles. The van der Waals surface area contributed by atoms with Crippen molar-refractivity contribution in [1.29, 1.82) is 0 Å². The fraction of sp³-hybridized carbons (Fsp3) is 0.150. The van der Waals surface area contributed by atoms with Gasteiger partial charge in [-0.3, -0.25) is 14.2 Å². The molecule has 1 heterocycles. The van der Waals surface area contributed by atoms with E-state index < -0.39 is 5.91 Å². The fourth-order valence-electron chi connectivity index (χ4n) is 2.37. The van der Waals surface area contributed by atoms with Gasteiger partial charge >= 0.3 is 4.87 Å². The van der Waals surface area contributed by atoms with E-state index in [1.807, 2.05) is 43.3 Å². The smallest absolute Gasteiger partial charge is 0.309 e. The average Bonchev–Trinajstić information content (AvgIpc) is 2.97. The molecule has 3 aromatic rings. The molecule has 1 amide bonds. The van der Waals surface area contributed by atoms with E-state index in [2.05, 4.69) is 26.5 Å². The lowest BCUT2D eigenvalue weighted by Crippen LogP contribution is -2.24. The molecule has 0 bridgehead atoms. The molecule has 3 rings (SSSR count). The lowest BCUT2D eigenvalue weighted by atomic mass is 10.2. The van der Waals surface area contributed by atoms with E-state index in [0.29, 0.717) is 17.2 Å². The van der Waals surface area contributed by atoms with Gasteiger partial charge in [0, 0.05) is 4.47 Å². The minimum atomic E-state index is -0.417. The van der Waals surface area contributed by atoms with Crippen LogP contribution in [0.5, 0.6) is 5.75 Å². The van der Waals surface area contributed by atoms with Crippen LogP contribution in [0.4, 0.5) is 0 Å². The maximum absolute atomic E-state index is 12.2. The summed E-state index contributed by atoms with van der Waals surface area (Å²) in [6, 6.07) is 15.0. The van der Waals surface area contributed by atoms with Gasteiger partial charge in [-0.25, -0.2) is 5.43 Å². The normalized spacial score (nSPS) is 11.0. The number of halogens is 2. The summed E-state index contributed by atoms with van der Waals surface area (Å²) in [5, 5.41) is 4.14. The highest BCUT2D eigenvalue weighted by Crippen LogP contribution is 2.19. The molecule has 0 fully saturated rings. The van der Waals surface area contributed by atoms with Gasteiger partial charge in [-0.15, -0.1) is 0 Å². The van der Waals surface area contributed by atoms with Crippen LogP contribution in [0.1, 0.15) is 16.0 Å². The fourth-order valence-corrected chi connectivity index (χ4v) is 3.74. The van der Waals surface area contributed by atoms with E-state index in [1.165, 1.54) is 10.8 Å². The lowest BCUT2D eigenvalue weighted by molar-refractivity contribution is -0.123. The number of amides is 1. The molecule has 0 aliphatic carbocycles. The molecule has 0 unspecified atom stereocenters. The summed E-state index contributed by atoms with van der Waals surface area (Å²) in [5.41, 5.74) is 4.41. The standard InChI is InChI=1S/C20H17BrClN3O3S/c1-13-2-8-16(9-3-13)28-12-18(26)24-23-10-17-19(22)25(20(27)29-17)11-14-4-6-15(21)7-5-14/h2-10H,11-12H2,1H3,(H,24,26)/b23-10+. The average molecular weight is 495 g/mol. The predicted molar refractivity (Wildman–Crippen MR) is 119 cm³/mol. The number of rotatable bonds is 7. The zero-order chi connectivity index (χ0) is 20.8. The molecular formula is C20H17BrClN3O3S. The second-order valence-corrected chi connectivity index (χ2v) is 8.40. The van der Waals surface area contributed by atoms with Gasteiger partial charge < -0.3 is 4.74 Å². The monoisotopic (exact) mass is 493 g/mol. The number of thiazole rings is 1. The van der Waals surface area contributed by atoms with Crippen molar-refractivity contribution >= 4 is 51.0 Å². The highest BCUT2D eigenvalue weighted by Gasteiger charge is 2.12. The van der Waals surface area contributed by atoms with Crippen LogP contribution in [0.2, 0.25) is 5.15 Å². The van der Waals surface area contributed by atoms with Gasteiger partial charge in [0.05, 0.1) is 17.6 Å². The topological polar surface area (TPSA) is 72.7 Å². The summed E-state index contributed by atoms with van der Waals surface area (Å²) in [4.78, 5) is 24.3. The Labute approximate surface area is 184 Å². The van der Waals surface area contributed by atoms with Gasteiger partial charge in [-0.1, -0.05) is 68.7 Å². The number of benzene rings is 2. The number of aromatic nitrogens is 1. The van der Waals surface area contributed by atoms with Crippen molar-refractivity contribution in [2.45, 2.75) is 13.5 Å². The number of nitrogens with zero attached hydrogens (tertiary/aromatic N) is 2. The van der Waals surface area contributed by atoms with Gasteiger partial charge in [0.25, 0.3) is 5.91 Å². The number of ether oxygens (including phenoxy) is 1. The summed E-state index contributed by atoms with van der Waals surface area (Å²) < 4.78 is 7.80. The molecule has 0 saturated heterocycles. The van der Waals surface area contributed by atoms with Gasteiger partial charge in [0.2, 0.25) is 0 Å². The Balaban J connectivity index is 1.57. The Morgan fingerprint density at radius 2 is 1.93 bits per heavy atom. The number of carbonyl (C=O) groups is 1. The number of aryl methyl sites for hydroxylation is 1. The molecule has 2 aromatic carbocycles. The van der Waals surface area contributed by atoms with Crippen molar-refractivity contribution in [3.8, 4) is 5.75 Å². The van der Waals surface area contributed by atoms with Crippen LogP contribution in [0.25, 0.3) is 0 Å². The van der Waals surface area contributed by atoms with E-state index in [4.69, 9.17) is 16.3 Å². The van der Waals surface area contributed by atoms with Crippen molar-refractivity contribution < 1.29 is 9.53 Å². The highest BCUT2D eigenvalue weighted by molar-refractivity contribution is 9.10. The van der Waals surface area contributed by atoms with Crippen LogP contribution in [0, 0.1) is 6.92 Å². The van der Waals surface area contributed by atoms with Crippen molar-refractivity contribution in [2.75, 3.05) is 6.61 Å². The minimum Gasteiger partial charge on any atom is -0.484 e. The molecule has 0 atom stereocenters. The summed E-state index contributed by atoms with van der Waals surface area (Å²) in [6.45, 7) is 2.15. The largest absolute Gasteiger partial charge is 0.484 e. The number of hydrogen-bond acceptors (Lipinski definition) is 5. The first kappa shape index (κ1) is 21.3. The van der Waals surface area contributed by atoms with Gasteiger partial charge in [0.1, 0.15) is 10.9 Å². The first-order chi connectivity index (χ1) is 13.9. The Morgan fingerprint density at radius 1 is 1.24 bits per heavy atom. The van der Waals surface area contributed by atoms with Crippen molar-refractivity contribution in [2.24, 2.45) is 5.10 Å². The molecule has 0 radical (unpaired) electrons. The number of carbonyl (C=O) groups excluding carboxylic acids is 1. The van der Waals surface area contributed by atoms with E-state index in [9.17, 15) is 9.59 Å². The van der Waals surface area contributed by atoms with E-state index in [1.54, 1.807) is 12.1 Å². The van der Waals surface area contributed by atoms with E-state index in [-0.39, 0.29) is 16.6 Å². The van der Waals surface area contributed by atoms with Crippen LogP contribution >= 0.6 is 38.9 Å². The third-order valence-corrected chi connectivity index (χ3v) is 5.84. The first-order valence-electron chi connectivity index (χ1n) is 8.57. The maximum Gasteiger partial charge on any atom is 0.309 e. The van der Waals surface area contributed by atoms with Gasteiger partial charge in [0.15, 0.2) is 6.61 Å². The molecule has 9 heteroatoms. The maximum atomic E-state index is 12.2. The second kappa shape index (κ2) is 9.87. The number of hydrogen-bond donors (Lipinski definition) is 1. The third kappa shape index (κ3) is 6.03. The first-order valence-corrected chi connectivity index (χ1v) is 10.6. The summed E-state index contributed by atoms with van der Waals surface area (Å²) >= 11 is 10.7.